The molecule has 1 N–H and O–H groups in total. The molecule has 1 rings (SSSR count). The lowest BCUT2D eigenvalue weighted by atomic mass is 10.1. The Hall–Kier alpha value is -1.13. The Morgan fingerprint density at radius 3 is 2.62 bits per heavy atom. The number of anilines is 1. The minimum atomic E-state index is 0.282. The summed E-state index contributed by atoms with van der Waals surface area (Å²) < 4.78 is 5.64. The highest BCUT2D eigenvalue weighted by molar-refractivity contribution is 5.53. The number of hydrogen-bond acceptors (Lipinski definition) is 4. The third kappa shape index (κ3) is 6.91. The average molecular weight is 293 g/mol. The van der Waals surface area contributed by atoms with Crippen LogP contribution in [0.5, 0.6) is 0 Å². The van der Waals surface area contributed by atoms with Crippen molar-refractivity contribution in [3.8, 4) is 0 Å². The summed E-state index contributed by atoms with van der Waals surface area (Å²) in [6, 6.07) is 2.15. The summed E-state index contributed by atoms with van der Waals surface area (Å²) in [6.45, 7) is 14.1. The Labute approximate surface area is 129 Å². The van der Waals surface area contributed by atoms with Crippen molar-refractivity contribution in [2.45, 2.75) is 47.3 Å². The average Bonchev–Trinajstić information content (AvgIpc) is 2.39. The topological polar surface area (TPSA) is 37.4 Å². The third-order valence-corrected chi connectivity index (χ3v) is 3.26. The maximum absolute atomic E-state index is 5.64. The number of aromatic nitrogens is 1. The number of hydrogen-bond donors (Lipinski definition) is 1. The van der Waals surface area contributed by atoms with Crippen LogP contribution in [0.4, 0.5) is 5.69 Å². The van der Waals surface area contributed by atoms with Gasteiger partial charge in [0.2, 0.25) is 0 Å². The fourth-order valence-corrected chi connectivity index (χ4v) is 2.11. The van der Waals surface area contributed by atoms with E-state index in [9.17, 15) is 0 Å². The maximum atomic E-state index is 5.64. The van der Waals surface area contributed by atoms with Gasteiger partial charge in [0.25, 0.3) is 0 Å². The number of nitrogens with one attached hydrogen (secondary N) is 1. The molecule has 4 heteroatoms. The lowest BCUT2D eigenvalue weighted by Crippen LogP contribution is -2.27. The summed E-state index contributed by atoms with van der Waals surface area (Å²) >= 11 is 0. The van der Waals surface area contributed by atoms with Crippen LogP contribution in [0.1, 0.15) is 39.0 Å². The van der Waals surface area contributed by atoms with Gasteiger partial charge < -0.3 is 15.0 Å². The van der Waals surface area contributed by atoms with Gasteiger partial charge in [0.1, 0.15) is 0 Å². The van der Waals surface area contributed by atoms with Crippen LogP contribution in [-0.4, -0.2) is 37.8 Å². The molecule has 4 nitrogen and oxygen atoms in total. The monoisotopic (exact) mass is 293 g/mol. The first-order valence-corrected chi connectivity index (χ1v) is 7.89. The van der Waals surface area contributed by atoms with Gasteiger partial charge in [0.05, 0.1) is 12.7 Å². The van der Waals surface area contributed by atoms with Crippen molar-refractivity contribution in [1.82, 2.24) is 10.3 Å². The molecule has 0 amide bonds. The van der Waals surface area contributed by atoms with Crippen LogP contribution in [0.3, 0.4) is 0 Å². The smallest absolute Gasteiger partial charge is 0.0644 e. The Morgan fingerprint density at radius 2 is 2.00 bits per heavy atom. The van der Waals surface area contributed by atoms with E-state index in [1.807, 2.05) is 13.1 Å². The first-order valence-electron chi connectivity index (χ1n) is 7.89. The molecule has 0 radical (unpaired) electrons. The fraction of sp³-hybridized carbons (Fsp3) is 0.706. The molecular weight excluding hydrogens is 262 g/mol. The van der Waals surface area contributed by atoms with E-state index in [0.29, 0.717) is 5.92 Å². The van der Waals surface area contributed by atoms with Crippen LogP contribution in [-0.2, 0) is 11.3 Å². The van der Waals surface area contributed by atoms with Crippen molar-refractivity contribution in [1.29, 1.82) is 0 Å². The van der Waals surface area contributed by atoms with Crippen molar-refractivity contribution in [2.24, 2.45) is 5.92 Å². The molecule has 0 aromatic carbocycles. The van der Waals surface area contributed by atoms with Crippen LogP contribution >= 0.6 is 0 Å². The van der Waals surface area contributed by atoms with Crippen LogP contribution in [0.2, 0.25) is 0 Å². The molecule has 0 unspecified atom stereocenters. The standard InChI is InChI=1S/C17H31N3O/c1-13(2)10-18-11-16-12-19-15(5)9-17(16)20(6)7-8-21-14(3)4/h9,12-14,18H,7-8,10-11H2,1-6H3. The van der Waals surface area contributed by atoms with Crippen molar-refractivity contribution in [3.05, 3.63) is 23.5 Å². The molecule has 0 bridgehead atoms. The summed E-state index contributed by atoms with van der Waals surface area (Å²) in [5.74, 6) is 0.657. The van der Waals surface area contributed by atoms with Gasteiger partial charge in [-0.2, -0.15) is 0 Å². The van der Waals surface area contributed by atoms with Crippen LogP contribution in [0, 0.1) is 12.8 Å². The molecule has 0 saturated carbocycles. The van der Waals surface area contributed by atoms with Gasteiger partial charge in [-0.1, -0.05) is 13.8 Å². The fourth-order valence-electron chi connectivity index (χ4n) is 2.11. The van der Waals surface area contributed by atoms with E-state index in [-0.39, 0.29) is 6.10 Å². The van der Waals surface area contributed by atoms with E-state index in [2.05, 4.69) is 56.0 Å². The van der Waals surface area contributed by atoms with E-state index in [4.69, 9.17) is 4.74 Å². The Kier molecular flexibility index (Phi) is 7.68. The van der Waals surface area contributed by atoms with Gasteiger partial charge in [-0.15, -0.1) is 0 Å². The Bertz CT molecular complexity index is 418. The predicted molar refractivity (Wildman–Crippen MR) is 89.9 cm³/mol. The largest absolute Gasteiger partial charge is 0.377 e. The van der Waals surface area contributed by atoms with E-state index in [1.165, 1.54) is 11.3 Å². The van der Waals surface area contributed by atoms with Crippen LogP contribution in [0.15, 0.2) is 12.3 Å². The van der Waals surface area contributed by atoms with E-state index < -0.39 is 0 Å². The van der Waals surface area contributed by atoms with Gasteiger partial charge in [0, 0.05) is 43.3 Å². The zero-order valence-corrected chi connectivity index (χ0v) is 14.4. The molecule has 0 spiro atoms. The summed E-state index contributed by atoms with van der Waals surface area (Å²) in [5.41, 5.74) is 3.54. The summed E-state index contributed by atoms with van der Waals surface area (Å²) in [6.07, 6.45) is 2.27. The van der Waals surface area contributed by atoms with Gasteiger partial charge in [-0.05, 0) is 39.3 Å². The van der Waals surface area contributed by atoms with E-state index in [1.54, 1.807) is 0 Å². The number of pyridine rings is 1. The third-order valence-electron chi connectivity index (χ3n) is 3.26. The summed E-state index contributed by atoms with van der Waals surface area (Å²) in [5, 5.41) is 3.49. The molecule has 0 aliphatic heterocycles. The minimum absolute atomic E-state index is 0.282. The first-order chi connectivity index (χ1) is 9.90. The van der Waals surface area contributed by atoms with Gasteiger partial charge >= 0.3 is 0 Å². The zero-order valence-electron chi connectivity index (χ0n) is 14.4. The highest BCUT2D eigenvalue weighted by Gasteiger charge is 2.09. The number of aryl methyl sites for hydroxylation is 1. The zero-order chi connectivity index (χ0) is 15.8. The van der Waals surface area contributed by atoms with E-state index in [0.717, 1.165) is 31.9 Å². The molecule has 1 aromatic rings. The summed E-state index contributed by atoms with van der Waals surface area (Å²) in [4.78, 5) is 6.68. The number of likely N-dealkylation sites (N-methyl/N-ethyl adjacent to an activating group) is 1. The highest BCUT2D eigenvalue weighted by Crippen LogP contribution is 2.19. The van der Waals surface area contributed by atoms with Crippen molar-refractivity contribution >= 4 is 5.69 Å². The SMILES string of the molecule is Cc1cc(N(C)CCOC(C)C)c(CNCC(C)C)cn1. The molecule has 0 atom stereocenters. The lowest BCUT2D eigenvalue weighted by molar-refractivity contribution is 0.0846. The Morgan fingerprint density at radius 1 is 1.29 bits per heavy atom. The normalized spacial score (nSPS) is 11.4. The van der Waals surface area contributed by atoms with E-state index >= 15 is 0 Å². The predicted octanol–water partition coefficient (Wildman–Crippen LogP) is 3.00. The Balaban J connectivity index is 2.66. The van der Waals surface area contributed by atoms with Gasteiger partial charge in [-0.3, -0.25) is 4.98 Å². The molecule has 0 aliphatic rings. The number of rotatable bonds is 9. The second kappa shape index (κ2) is 9.00. The second-order valence-electron chi connectivity index (χ2n) is 6.32. The second-order valence-corrected chi connectivity index (χ2v) is 6.32. The molecule has 0 fully saturated rings. The van der Waals surface area contributed by atoms with Gasteiger partial charge in [-0.25, -0.2) is 0 Å². The number of ether oxygens (including phenoxy) is 1. The summed E-state index contributed by atoms with van der Waals surface area (Å²) in [7, 11) is 2.12. The first kappa shape index (κ1) is 17.9. The van der Waals surface area contributed by atoms with Crippen molar-refractivity contribution < 1.29 is 4.74 Å². The van der Waals surface area contributed by atoms with Crippen molar-refractivity contribution in [2.75, 3.05) is 31.6 Å². The molecule has 1 aromatic heterocycles. The molecule has 120 valence electrons. The molecule has 1 heterocycles. The molecule has 0 saturated heterocycles. The molecular formula is C17H31N3O. The lowest BCUT2D eigenvalue weighted by Gasteiger charge is -2.23. The molecule has 0 aliphatic carbocycles. The quantitative estimate of drug-likeness (QED) is 0.759. The van der Waals surface area contributed by atoms with Crippen LogP contribution in [0.25, 0.3) is 0 Å². The number of nitrogens with zero attached hydrogens (tertiary/aromatic N) is 2. The van der Waals surface area contributed by atoms with Gasteiger partial charge in [0.15, 0.2) is 0 Å². The maximum Gasteiger partial charge on any atom is 0.0644 e. The highest BCUT2D eigenvalue weighted by atomic mass is 16.5. The van der Waals surface area contributed by atoms with Crippen LogP contribution < -0.4 is 10.2 Å². The minimum Gasteiger partial charge on any atom is -0.377 e. The molecule has 21 heavy (non-hydrogen) atoms. The van der Waals surface area contributed by atoms with Crippen molar-refractivity contribution in [3.63, 3.8) is 0 Å².